The predicted molar refractivity (Wildman–Crippen MR) is 295 cm³/mol. The lowest BCUT2D eigenvalue weighted by Gasteiger charge is -2.49. The van der Waals surface area contributed by atoms with Gasteiger partial charge in [0.25, 0.3) is 0 Å². The Morgan fingerprint density at radius 1 is 0.720 bits per heavy atom. The van der Waals surface area contributed by atoms with Gasteiger partial charge < -0.3 is 43.2 Å². The van der Waals surface area contributed by atoms with E-state index in [-0.39, 0.29) is 24.3 Å². The van der Waals surface area contributed by atoms with Crippen molar-refractivity contribution in [3.8, 4) is 11.5 Å². The molecule has 2 aromatic rings. The minimum absolute atomic E-state index is 0.0474. The van der Waals surface area contributed by atoms with Gasteiger partial charge >= 0.3 is 26.0 Å². The summed E-state index contributed by atoms with van der Waals surface area (Å²) in [4.78, 5) is 55.8. The lowest BCUT2D eigenvalue weighted by Crippen LogP contribution is -2.74. The number of carbonyl (C=O) groups excluding carboxylic acids is 4. The fourth-order valence-electron chi connectivity index (χ4n) is 8.02. The number of phosphoric acid groups is 1. The van der Waals surface area contributed by atoms with Gasteiger partial charge in [-0.25, -0.2) is 14.2 Å². The van der Waals surface area contributed by atoms with Gasteiger partial charge in [0.15, 0.2) is 22.5 Å². The number of carbonyl (C=O) groups is 4. The van der Waals surface area contributed by atoms with Crippen LogP contribution in [0, 0.1) is 0 Å². The first kappa shape index (κ1) is 67.1. The zero-order valence-electron chi connectivity index (χ0n) is 43.3. The Hall–Kier alpha value is -2.14. The van der Waals surface area contributed by atoms with Gasteiger partial charge in [-0.2, -0.15) is 0 Å². The summed E-state index contributed by atoms with van der Waals surface area (Å²) in [6.45, 7) is 5.15. The van der Waals surface area contributed by atoms with Crippen LogP contribution in [-0.4, -0.2) is 91.0 Å². The maximum atomic E-state index is 15.4. The predicted octanol–water partition coefficient (Wildman–Crippen LogP) is 15.8. The highest BCUT2D eigenvalue weighted by molar-refractivity contribution is 7.49. The van der Waals surface area contributed by atoms with Crippen molar-refractivity contribution in [1.29, 1.82) is 0 Å². The molecule has 0 aliphatic carbocycles. The number of hydrogen-bond donors (Lipinski definition) is 2. The highest BCUT2D eigenvalue weighted by Crippen LogP contribution is 2.54. The SMILES string of the molecule is CCCCCCCCCCCC(=O)O[C@H](CCCCCCCCCCC)CC(=O)[C@]1(O)[C@H](OP(=O)(Oc2ccccc2)Oc2ccccc2)[C@@H](COC(=O)OC(C)(C)C(Cl)(Cl)Cl)O[C@H](Cl)[C@@H]1NC(=O)OCC(Cl)(Cl)Cl. The molecule has 1 aliphatic heterocycles. The molecule has 3 rings (SSSR count). The minimum atomic E-state index is -5.17. The molecule has 0 aromatic heterocycles. The zero-order valence-corrected chi connectivity index (χ0v) is 49.5. The van der Waals surface area contributed by atoms with Gasteiger partial charge in [-0.3, -0.25) is 14.1 Å². The highest BCUT2D eigenvalue weighted by atomic mass is 35.6. The van der Waals surface area contributed by atoms with Crippen LogP contribution in [0.3, 0.4) is 0 Å². The van der Waals surface area contributed by atoms with Crippen molar-refractivity contribution in [2.75, 3.05) is 13.2 Å². The number of benzene rings is 2. The number of ketones is 1. The van der Waals surface area contributed by atoms with E-state index in [0.717, 1.165) is 70.6 Å². The summed E-state index contributed by atoms with van der Waals surface area (Å²) in [5.41, 5.74) is -6.85. The first-order chi connectivity index (χ1) is 35.4. The van der Waals surface area contributed by atoms with Crippen LogP contribution in [0.1, 0.15) is 163 Å². The largest absolute Gasteiger partial charge is 0.588 e. The van der Waals surface area contributed by atoms with E-state index in [4.69, 9.17) is 118 Å². The molecule has 0 saturated carbocycles. The molecule has 0 radical (unpaired) electrons. The number of esters is 1. The number of halogens is 7. The first-order valence-corrected chi connectivity index (χ1v) is 30.0. The van der Waals surface area contributed by atoms with E-state index in [1.165, 1.54) is 70.2 Å². The second-order valence-corrected chi connectivity index (χ2v) is 25.7. The second-order valence-electron chi connectivity index (χ2n) is 19.1. The average molecular weight is 1220 g/mol. The number of para-hydroxylation sites is 2. The molecule has 75 heavy (non-hydrogen) atoms. The van der Waals surface area contributed by atoms with Crippen molar-refractivity contribution in [3.63, 3.8) is 0 Å². The third-order valence-corrected chi connectivity index (χ3v) is 15.7. The van der Waals surface area contributed by atoms with Gasteiger partial charge in [0.1, 0.15) is 49.1 Å². The third kappa shape index (κ3) is 25.2. The molecule has 1 heterocycles. The van der Waals surface area contributed by atoms with Crippen LogP contribution in [0.5, 0.6) is 11.5 Å². The van der Waals surface area contributed by atoms with E-state index in [0.29, 0.717) is 12.8 Å². The Balaban J connectivity index is 2.13. The number of nitrogens with one attached hydrogen (secondary N) is 1. The molecule has 426 valence electrons. The minimum Gasteiger partial charge on any atom is -0.462 e. The van der Waals surface area contributed by atoms with Crippen molar-refractivity contribution in [1.82, 2.24) is 5.32 Å². The van der Waals surface area contributed by atoms with Gasteiger partial charge in [0, 0.05) is 12.8 Å². The number of aliphatic hydroxyl groups is 1. The van der Waals surface area contributed by atoms with Crippen molar-refractivity contribution in [3.05, 3.63) is 60.7 Å². The Kier molecular flexibility index (Phi) is 30.5. The van der Waals surface area contributed by atoms with Gasteiger partial charge in [-0.1, -0.05) is 234 Å². The van der Waals surface area contributed by atoms with Crippen molar-refractivity contribution < 1.29 is 66.1 Å². The number of unbranched alkanes of at least 4 members (excludes halogenated alkanes) is 16. The number of alkyl carbamates (subject to hydrolysis) is 1. The van der Waals surface area contributed by atoms with E-state index < -0.39 is 100 Å². The number of Topliss-reactive ketones (excluding diaryl/α,β-unsaturated/α-hetero) is 1. The lowest BCUT2D eigenvalue weighted by molar-refractivity contribution is -0.216. The number of amides is 1. The second kappa shape index (κ2) is 34.1. The normalized spacial score (nSPS) is 19.6. The van der Waals surface area contributed by atoms with Crippen molar-refractivity contribution in [2.45, 2.75) is 211 Å². The summed E-state index contributed by atoms with van der Waals surface area (Å²) in [5, 5.41) is 15.7. The van der Waals surface area contributed by atoms with Crippen LogP contribution in [-0.2, 0) is 42.4 Å². The summed E-state index contributed by atoms with van der Waals surface area (Å²) in [6, 6.07) is 13.2. The number of hydrogen-bond acceptors (Lipinski definition) is 14. The van der Waals surface area contributed by atoms with E-state index in [1.54, 1.807) is 36.4 Å². The highest BCUT2D eigenvalue weighted by Gasteiger charge is 2.64. The Morgan fingerprint density at radius 2 is 1.20 bits per heavy atom. The van der Waals surface area contributed by atoms with Gasteiger partial charge in [-0.05, 0) is 57.4 Å². The van der Waals surface area contributed by atoms with Crippen LogP contribution >= 0.6 is 89.0 Å². The van der Waals surface area contributed by atoms with Crippen molar-refractivity contribution >= 4 is 113 Å². The zero-order chi connectivity index (χ0) is 55.5. The number of ether oxygens (including phenoxy) is 5. The smallest absolute Gasteiger partial charge is 0.462 e. The van der Waals surface area contributed by atoms with Crippen LogP contribution in [0.2, 0.25) is 0 Å². The quantitative estimate of drug-likeness (QED) is 0.0218. The maximum Gasteiger partial charge on any atom is 0.588 e. The molecule has 1 amide bonds. The Labute approximate surface area is 478 Å². The van der Waals surface area contributed by atoms with E-state index in [2.05, 4.69) is 19.2 Å². The molecule has 2 N–H and O–H groups in total. The van der Waals surface area contributed by atoms with Gasteiger partial charge in [-0.15, -0.1) is 0 Å². The van der Waals surface area contributed by atoms with E-state index in [1.807, 2.05) is 0 Å². The molecule has 15 nitrogen and oxygen atoms in total. The van der Waals surface area contributed by atoms with Crippen molar-refractivity contribution in [2.24, 2.45) is 0 Å². The fraction of sp³-hybridized carbons (Fsp3) is 0.692. The fourth-order valence-corrected chi connectivity index (χ4v) is 10.1. The molecular formula is C52H75Cl7NO14P. The molecule has 6 atom stereocenters. The summed E-state index contributed by atoms with van der Waals surface area (Å²) >= 11 is 42.7. The number of phosphoric ester groups is 1. The van der Waals surface area contributed by atoms with Crippen LogP contribution < -0.4 is 14.4 Å². The molecule has 0 unspecified atom stereocenters. The number of rotatable bonds is 35. The molecule has 1 aliphatic rings. The lowest BCUT2D eigenvalue weighted by atomic mass is 9.77. The Morgan fingerprint density at radius 3 is 1.68 bits per heavy atom. The van der Waals surface area contributed by atoms with Crippen LogP contribution in [0.15, 0.2) is 60.7 Å². The van der Waals surface area contributed by atoms with Crippen LogP contribution in [0.4, 0.5) is 9.59 Å². The standard InChI is InChI=1S/C52H75Cl7NO14P/c1-5-7-9-11-13-15-17-19-23-33-40(69-43(62)34-28-20-18-16-14-12-10-8-6-2)35-42(61)51(65)44(60-47(63)68-37-50(54,55)56)46(53)70-41(36-67-48(64)71-49(3,4)52(57,58)59)45(51)74-75(66,72-38-29-24-21-25-30-38)73-39-31-26-22-27-32-39/h21-22,24-27,29-32,40-41,44-46,65H,5-20,23,28,33-37H2,1-4H3,(H,60,63)/t40-,41-,44+,45-,46+,51-/m1/s1. The van der Waals surface area contributed by atoms with Crippen LogP contribution in [0.25, 0.3) is 0 Å². The van der Waals surface area contributed by atoms with Gasteiger partial charge in [0.05, 0.1) is 0 Å². The molecule has 2 aromatic carbocycles. The Bertz CT molecular complexity index is 1990. The summed E-state index contributed by atoms with van der Waals surface area (Å²) < 4.78 is 57.0. The maximum absolute atomic E-state index is 15.4. The van der Waals surface area contributed by atoms with E-state index >= 15 is 9.36 Å². The molecule has 1 fully saturated rings. The average Bonchev–Trinajstić information content (AvgIpc) is 3.33. The molecule has 23 heteroatoms. The first-order valence-electron chi connectivity index (χ1n) is 25.9. The summed E-state index contributed by atoms with van der Waals surface area (Å²) in [6.07, 6.45) is 9.56. The monoisotopic (exact) mass is 1210 g/mol. The summed E-state index contributed by atoms with van der Waals surface area (Å²) in [5.74, 6) is -1.80. The molecule has 1 saturated heterocycles. The molecule has 0 bridgehead atoms. The van der Waals surface area contributed by atoms with Gasteiger partial charge in [0.2, 0.25) is 7.59 Å². The molecular weight excluding hydrogens is 1140 g/mol. The third-order valence-electron chi connectivity index (χ3n) is 12.3. The van der Waals surface area contributed by atoms with E-state index in [9.17, 15) is 19.5 Å². The molecule has 0 spiro atoms. The topological polar surface area (TPSA) is 191 Å². The summed E-state index contributed by atoms with van der Waals surface area (Å²) in [7, 11) is -5.17. The number of alkyl halides is 7.